The van der Waals surface area contributed by atoms with Gasteiger partial charge in [-0.25, -0.2) is 0 Å². The molecule has 0 bridgehead atoms. The number of fused-ring (bicyclic) bond motifs is 1. The van der Waals surface area contributed by atoms with Crippen molar-refractivity contribution in [1.29, 1.82) is 0 Å². The van der Waals surface area contributed by atoms with E-state index in [2.05, 4.69) is 5.16 Å². The van der Waals surface area contributed by atoms with Crippen LogP contribution in [0.5, 0.6) is 0 Å². The minimum Gasteiger partial charge on any atom is -0.356 e. The molecule has 1 amide bonds. The number of nitrogens with zero attached hydrogens (tertiary/aromatic N) is 3. The van der Waals surface area contributed by atoms with Crippen LogP contribution in [0.15, 0.2) is 71.3 Å². The molecule has 2 N–H and O–H groups in total. The fourth-order valence-corrected chi connectivity index (χ4v) is 3.69. The molecule has 0 unspecified atom stereocenters. The molecule has 0 aliphatic carbocycles. The molecule has 0 aliphatic rings. The Morgan fingerprint density at radius 2 is 1.74 bits per heavy atom. The fraction of sp³-hybridized carbons (Fsp3) is 0.240. The second kappa shape index (κ2) is 9.10. The summed E-state index contributed by atoms with van der Waals surface area (Å²) in [6.45, 7) is 0. The van der Waals surface area contributed by atoms with Crippen LogP contribution < -0.4 is 5.73 Å². The van der Waals surface area contributed by atoms with Crippen molar-refractivity contribution in [3.8, 4) is 11.3 Å². The van der Waals surface area contributed by atoms with Crippen molar-refractivity contribution in [2.45, 2.75) is 25.3 Å². The highest BCUT2D eigenvalue weighted by Crippen LogP contribution is 2.33. The van der Waals surface area contributed by atoms with E-state index in [1.54, 1.807) is 19.0 Å². The van der Waals surface area contributed by atoms with Crippen LogP contribution >= 0.6 is 0 Å². The third-order valence-corrected chi connectivity index (χ3v) is 5.38. The Labute approximate surface area is 181 Å². The van der Waals surface area contributed by atoms with Gasteiger partial charge in [-0.1, -0.05) is 47.6 Å². The van der Waals surface area contributed by atoms with Crippen LogP contribution in [0.3, 0.4) is 0 Å². The average Bonchev–Trinajstić information content (AvgIpc) is 3.21. The Morgan fingerprint density at radius 1 is 1.00 bits per heavy atom. The molecule has 0 spiro atoms. The van der Waals surface area contributed by atoms with Crippen LogP contribution in [0, 0.1) is 0 Å². The number of benzene rings is 2. The summed E-state index contributed by atoms with van der Waals surface area (Å²) in [7, 11) is 3.53. The van der Waals surface area contributed by atoms with Crippen LogP contribution in [0.25, 0.3) is 22.2 Å². The molecule has 31 heavy (non-hydrogen) atoms. The van der Waals surface area contributed by atoms with Gasteiger partial charge in [0, 0.05) is 55.3 Å². The monoisotopic (exact) mass is 414 g/mol. The van der Waals surface area contributed by atoms with Gasteiger partial charge in [0.15, 0.2) is 5.58 Å². The van der Waals surface area contributed by atoms with E-state index < -0.39 is 0 Å². The standard InChI is InChI=1S/C25H26N4O2/c1-29(2)24(30)15-14-17-8-7-9-18(27-17)16-22(26)19-10-3-4-11-20(19)25-21-12-5-6-13-23(21)31-28-25/h3-13,22H,14-16,26H2,1-2H3/t22-/m0/s1. The van der Waals surface area contributed by atoms with E-state index >= 15 is 0 Å². The topological polar surface area (TPSA) is 85.2 Å². The molecule has 0 saturated carbocycles. The molecule has 4 rings (SSSR count). The van der Waals surface area contributed by atoms with Crippen molar-refractivity contribution in [2.75, 3.05) is 14.1 Å². The molecule has 6 heteroatoms. The van der Waals surface area contributed by atoms with Crippen LogP contribution in [0.2, 0.25) is 0 Å². The first-order chi connectivity index (χ1) is 15.0. The van der Waals surface area contributed by atoms with Crippen molar-refractivity contribution < 1.29 is 9.32 Å². The molecule has 1 atom stereocenters. The molecule has 2 heterocycles. The van der Waals surface area contributed by atoms with E-state index in [4.69, 9.17) is 15.2 Å². The average molecular weight is 415 g/mol. The smallest absolute Gasteiger partial charge is 0.222 e. The van der Waals surface area contributed by atoms with Crippen LogP contribution in [-0.2, 0) is 17.6 Å². The van der Waals surface area contributed by atoms with Gasteiger partial charge in [-0.05, 0) is 36.2 Å². The first-order valence-electron chi connectivity index (χ1n) is 10.4. The number of hydrogen-bond acceptors (Lipinski definition) is 5. The van der Waals surface area contributed by atoms with E-state index in [0.717, 1.165) is 39.2 Å². The molecule has 0 saturated heterocycles. The zero-order valence-corrected chi connectivity index (χ0v) is 17.8. The lowest BCUT2D eigenvalue weighted by atomic mass is 9.94. The predicted molar refractivity (Wildman–Crippen MR) is 121 cm³/mol. The highest BCUT2D eigenvalue weighted by molar-refractivity contribution is 5.92. The second-order valence-corrected chi connectivity index (χ2v) is 7.83. The van der Waals surface area contributed by atoms with Crippen molar-refractivity contribution in [3.63, 3.8) is 0 Å². The van der Waals surface area contributed by atoms with Crippen molar-refractivity contribution in [1.82, 2.24) is 15.0 Å². The fourth-order valence-electron chi connectivity index (χ4n) is 3.69. The number of nitrogens with two attached hydrogens (primary N) is 1. The van der Waals surface area contributed by atoms with Gasteiger partial charge in [-0.2, -0.15) is 0 Å². The Kier molecular flexibility index (Phi) is 6.09. The summed E-state index contributed by atoms with van der Waals surface area (Å²) in [5.41, 5.74) is 11.9. The van der Waals surface area contributed by atoms with Gasteiger partial charge in [-0.3, -0.25) is 9.78 Å². The van der Waals surface area contributed by atoms with Gasteiger partial charge < -0.3 is 15.2 Å². The highest BCUT2D eigenvalue weighted by atomic mass is 16.5. The summed E-state index contributed by atoms with van der Waals surface area (Å²) in [6, 6.07) is 21.5. The molecule has 0 aliphatic heterocycles. The molecule has 0 fully saturated rings. The molecule has 0 radical (unpaired) electrons. The largest absolute Gasteiger partial charge is 0.356 e. The summed E-state index contributed by atoms with van der Waals surface area (Å²) in [6.07, 6.45) is 1.64. The molecular formula is C25H26N4O2. The maximum Gasteiger partial charge on any atom is 0.222 e. The van der Waals surface area contributed by atoms with E-state index in [1.807, 2.05) is 66.7 Å². The summed E-state index contributed by atoms with van der Waals surface area (Å²) in [4.78, 5) is 18.2. The van der Waals surface area contributed by atoms with Crippen molar-refractivity contribution in [2.24, 2.45) is 5.73 Å². The number of amides is 1. The number of aromatic nitrogens is 2. The van der Waals surface area contributed by atoms with E-state index in [0.29, 0.717) is 19.3 Å². The number of pyridine rings is 1. The Hall–Kier alpha value is -3.51. The third-order valence-electron chi connectivity index (χ3n) is 5.38. The highest BCUT2D eigenvalue weighted by Gasteiger charge is 2.18. The molecule has 6 nitrogen and oxygen atoms in total. The Balaban J connectivity index is 1.56. The number of hydrogen-bond donors (Lipinski definition) is 1. The minimum absolute atomic E-state index is 0.0951. The summed E-state index contributed by atoms with van der Waals surface area (Å²) in [5, 5.41) is 5.27. The number of aryl methyl sites for hydroxylation is 1. The Bertz CT molecular complexity index is 1200. The molecular weight excluding hydrogens is 388 g/mol. The lowest BCUT2D eigenvalue weighted by Gasteiger charge is -2.16. The molecule has 2 aromatic heterocycles. The van der Waals surface area contributed by atoms with Gasteiger partial charge in [0.25, 0.3) is 0 Å². The SMILES string of the molecule is CN(C)C(=O)CCc1cccc(C[C@H](N)c2ccccc2-c2noc3ccccc23)n1. The van der Waals surface area contributed by atoms with Crippen LogP contribution in [-0.4, -0.2) is 35.0 Å². The van der Waals surface area contributed by atoms with E-state index in [1.165, 1.54) is 0 Å². The zero-order valence-electron chi connectivity index (χ0n) is 17.8. The molecule has 2 aromatic carbocycles. The van der Waals surface area contributed by atoms with Crippen molar-refractivity contribution in [3.05, 3.63) is 83.7 Å². The van der Waals surface area contributed by atoms with E-state index in [-0.39, 0.29) is 11.9 Å². The zero-order chi connectivity index (χ0) is 21.8. The number of carbonyl (C=O) groups is 1. The van der Waals surface area contributed by atoms with Gasteiger partial charge in [0.05, 0.1) is 0 Å². The second-order valence-electron chi connectivity index (χ2n) is 7.83. The minimum atomic E-state index is -0.252. The van der Waals surface area contributed by atoms with E-state index in [9.17, 15) is 4.79 Å². The molecule has 158 valence electrons. The van der Waals surface area contributed by atoms with Crippen molar-refractivity contribution >= 4 is 16.9 Å². The maximum atomic E-state index is 11.9. The number of carbonyl (C=O) groups excluding carboxylic acids is 1. The maximum absolute atomic E-state index is 11.9. The first-order valence-corrected chi connectivity index (χ1v) is 10.4. The predicted octanol–water partition coefficient (Wildman–Crippen LogP) is 4.15. The normalized spacial score (nSPS) is 12.1. The summed E-state index contributed by atoms with van der Waals surface area (Å²) >= 11 is 0. The lowest BCUT2D eigenvalue weighted by Crippen LogP contribution is -2.22. The number of rotatable bonds is 7. The quantitative estimate of drug-likeness (QED) is 0.491. The van der Waals surface area contributed by atoms with Crippen LogP contribution in [0.4, 0.5) is 0 Å². The summed E-state index contributed by atoms with van der Waals surface area (Å²) < 4.78 is 5.50. The number of para-hydroxylation sites is 1. The van der Waals surface area contributed by atoms with Gasteiger partial charge >= 0.3 is 0 Å². The van der Waals surface area contributed by atoms with Gasteiger partial charge in [0.1, 0.15) is 5.69 Å². The van der Waals surface area contributed by atoms with Gasteiger partial charge in [0.2, 0.25) is 5.91 Å². The first kappa shape index (κ1) is 20.8. The summed E-state index contributed by atoms with van der Waals surface area (Å²) in [5.74, 6) is 0.0951. The third kappa shape index (κ3) is 4.64. The van der Waals surface area contributed by atoms with Crippen LogP contribution in [0.1, 0.15) is 29.4 Å². The van der Waals surface area contributed by atoms with Gasteiger partial charge in [-0.15, -0.1) is 0 Å². The lowest BCUT2D eigenvalue weighted by molar-refractivity contribution is -0.128. The Morgan fingerprint density at radius 3 is 2.58 bits per heavy atom. The molecule has 4 aromatic rings.